The van der Waals surface area contributed by atoms with Crippen molar-refractivity contribution in [2.75, 3.05) is 19.6 Å². The Morgan fingerprint density at radius 2 is 2.06 bits per heavy atom. The van der Waals surface area contributed by atoms with E-state index in [1.807, 2.05) is 6.92 Å². The largest absolute Gasteiger partial charge is 0.350 e. The molecule has 0 radical (unpaired) electrons. The topological polar surface area (TPSA) is 34.2 Å². The van der Waals surface area contributed by atoms with Gasteiger partial charge in [0.15, 0.2) is 0 Å². The van der Waals surface area contributed by atoms with Crippen LogP contribution in [-0.2, 0) is 6.54 Å². The molecule has 0 aromatic carbocycles. The molecule has 1 aromatic rings. The van der Waals surface area contributed by atoms with Gasteiger partial charge in [0.2, 0.25) is 0 Å². The molecule has 0 bridgehead atoms. The molecule has 1 aliphatic rings. The summed E-state index contributed by atoms with van der Waals surface area (Å²) >= 11 is 0. The predicted octanol–water partition coefficient (Wildman–Crippen LogP) is 1.99. The standard InChI is InChI=1S/C13H23N3/c1-12(14)13-6-4-10-16(13)11-5-9-15-7-2-3-8-15/h4,6,10,12H,2-3,5,7-9,11,14H2,1H3. The summed E-state index contributed by atoms with van der Waals surface area (Å²) in [5.41, 5.74) is 7.17. The summed E-state index contributed by atoms with van der Waals surface area (Å²) in [7, 11) is 0. The van der Waals surface area contributed by atoms with Gasteiger partial charge >= 0.3 is 0 Å². The Bertz CT molecular complexity index is 311. The summed E-state index contributed by atoms with van der Waals surface area (Å²) in [4.78, 5) is 2.56. The Kier molecular flexibility index (Phi) is 4.02. The first-order valence-corrected chi connectivity index (χ1v) is 6.40. The highest BCUT2D eigenvalue weighted by Gasteiger charge is 2.11. The first-order valence-electron chi connectivity index (χ1n) is 6.40. The van der Waals surface area contributed by atoms with E-state index in [1.54, 1.807) is 0 Å². The molecule has 0 spiro atoms. The molecule has 0 saturated carbocycles. The Balaban J connectivity index is 1.78. The van der Waals surface area contributed by atoms with Gasteiger partial charge in [-0.2, -0.15) is 0 Å². The summed E-state index contributed by atoms with van der Waals surface area (Å²) in [6.45, 7) is 6.97. The van der Waals surface area contributed by atoms with Crippen LogP contribution in [0, 0.1) is 0 Å². The van der Waals surface area contributed by atoms with Crippen molar-refractivity contribution >= 4 is 0 Å². The summed E-state index contributed by atoms with van der Waals surface area (Å²) in [6.07, 6.45) is 6.14. The van der Waals surface area contributed by atoms with E-state index in [9.17, 15) is 0 Å². The second-order valence-electron chi connectivity index (χ2n) is 4.82. The number of aromatic nitrogens is 1. The Morgan fingerprint density at radius 3 is 2.75 bits per heavy atom. The molecule has 1 aliphatic heterocycles. The molecule has 1 saturated heterocycles. The minimum Gasteiger partial charge on any atom is -0.350 e. The van der Waals surface area contributed by atoms with Gasteiger partial charge in [-0.3, -0.25) is 0 Å². The number of nitrogens with two attached hydrogens (primary N) is 1. The van der Waals surface area contributed by atoms with Crippen molar-refractivity contribution in [3.8, 4) is 0 Å². The van der Waals surface area contributed by atoms with Crippen LogP contribution in [0.1, 0.15) is 37.9 Å². The van der Waals surface area contributed by atoms with E-state index in [-0.39, 0.29) is 6.04 Å². The maximum atomic E-state index is 5.92. The molecular formula is C13H23N3. The molecule has 1 fully saturated rings. The van der Waals surface area contributed by atoms with Crippen molar-refractivity contribution in [2.45, 2.75) is 38.8 Å². The zero-order valence-electron chi connectivity index (χ0n) is 10.2. The lowest BCUT2D eigenvalue weighted by molar-refractivity contribution is 0.324. The first kappa shape index (κ1) is 11.7. The number of nitrogens with zero attached hydrogens (tertiary/aromatic N) is 2. The molecule has 3 heteroatoms. The van der Waals surface area contributed by atoms with Gasteiger partial charge in [0.1, 0.15) is 0 Å². The predicted molar refractivity (Wildman–Crippen MR) is 67.3 cm³/mol. The fourth-order valence-electron chi connectivity index (χ4n) is 2.52. The lowest BCUT2D eigenvalue weighted by atomic mass is 10.2. The van der Waals surface area contributed by atoms with Crippen LogP contribution in [0.4, 0.5) is 0 Å². The highest BCUT2D eigenvalue weighted by Crippen LogP contribution is 2.12. The smallest absolute Gasteiger partial charge is 0.0421 e. The number of hydrogen-bond donors (Lipinski definition) is 1. The van der Waals surface area contributed by atoms with E-state index >= 15 is 0 Å². The molecule has 1 aromatic heterocycles. The van der Waals surface area contributed by atoms with Crippen molar-refractivity contribution in [2.24, 2.45) is 5.73 Å². The molecule has 3 nitrogen and oxygen atoms in total. The Hall–Kier alpha value is -0.800. The van der Waals surface area contributed by atoms with Gasteiger partial charge in [-0.05, 0) is 58.0 Å². The lowest BCUT2D eigenvalue weighted by Gasteiger charge is -2.16. The van der Waals surface area contributed by atoms with Crippen molar-refractivity contribution < 1.29 is 0 Å². The van der Waals surface area contributed by atoms with Gasteiger partial charge in [0.25, 0.3) is 0 Å². The van der Waals surface area contributed by atoms with Gasteiger partial charge < -0.3 is 15.2 Å². The van der Waals surface area contributed by atoms with Gasteiger partial charge in [0.05, 0.1) is 0 Å². The van der Waals surface area contributed by atoms with Crippen LogP contribution in [0.3, 0.4) is 0 Å². The van der Waals surface area contributed by atoms with Gasteiger partial charge in [-0.25, -0.2) is 0 Å². The number of likely N-dealkylation sites (tertiary alicyclic amines) is 1. The van der Waals surface area contributed by atoms with Crippen LogP contribution in [0.25, 0.3) is 0 Å². The highest BCUT2D eigenvalue weighted by molar-refractivity contribution is 5.10. The van der Waals surface area contributed by atoms with Crippen LogP contribution < -0.4 is 5.73 Å². The van der Waals surface area contributed by atoms with E-state index in [0.717, 1.165) is 6.54 Å². The van der Waals surface area contributed by atoms with Gasteiger partial charge in [-0.1, -0.05) is 0 Å². The van der Waals surface area contributed by atoms with E-state index < -0.39 is 0 Å². The number of hydrogen-bond acceptors (Lipinski definition) is 2. The molecule has 0 amide bonds. The second kappa shape index (κ2) is 5.51. The molecule has 16 heavy (non-hydrogen) atoms. The van der Waals surface area contributed by atoms with Crippen LogP contribution in [0.2, 0.25) is 0 Å². The molecule has 1 atom stereocenters. The van der Waals surface area contributed by atoms with E-state index in [0.29, 0.717) is 0 Å². The highest BCUT2D eigenvalue weighted by atomic mass is 15.1. The second-order valence-corrected chi connectivity index (χ2v) is 4.82. The molecule has 2 N–H and O–H groups in total. The molecular weight excluding hydrogens is 198 g/mol. The van der Waals surface area contributed by atoms with E-state index in [4.69, 9.17) is 5.73 Å². The molecule has 0 aliphatic carbocycles. The fourth-order valence-corrected chi connectivity index (χ4v) is 2.52. The average molecular weight is 221 g/mol. The van der Waals surface area contributed by atoms with E-state index in [2.05, 4.69) is 27.8 Å². The SMILES string of the molecule is CC(N)c1cccn1CCCN1CCCC1. The summed E-state index contributed by atoms with van der Waals surface area (Å²) in [6, 6.07) is 4.36. The lowest BCUT2D eigenvalue weighted by Crippen LogP contribution is -2.22. The normalized spacial score (nSPS) is 19.1. The quantitative estimate of drug-likeness (QED) is 0.825. The van der Waals surface area contributed by atoms with Crippen molar-refractivity contribution in [1.29, 1.82) is 0 Å². The van der Waals surface area contributed by atoms with E-state index in [1.165, 1.54) is 44.6 Å². The molecule has 90 valence electrons. The monoisotopic (exact) mass is 221 g/mol. The maximum absolute atomic E-state index is 5.92. The van der Waals surface area contributed by atoms with Crippen molar-refractivity contribution in [1.82, 2.24) is 9.47 Å². The maximum Gasteiger partial charge on any atom is 0.0421 e. The third-order valence-electron chi connectivity index (χ3n) is 3.40. The minimum atomic E-state index is 0.141. The van der Waals surface area contributed by atoms with Crippen LogP contribution in [0.5, 0.6) is 0 Å². The summed E-state index contributed by atoms with van der Waals surface area (Å²) in [5, 5.41) is 0. The number of aryl methyl sites for hydroxylation is 1. The third-order valence-corrected chi connectivity index (χ3v) is 3.40. The fraction of sp³-hybridized carbons (Fsp3) is 0.692. The van der Waals surface area contributed by atoms with Gasteiger partial charge in [0, 0.05) is 24.5 Å². The van der Waals surface area contributed by atoms with Crippen LogP contribution in [-0.4, -0.2) is 29.1 Å². The zero-order valence-corrected chi connectivity index (χ0v) is 10.2. The first-order chi connectivity index (χ1) is 7.77. The van der Waals surface area contributed by atoms with Crippen molar-refractivity contribution in [3.05, 3.63) is 24.0 Å². The number of rotatable bonds is 5. The minimum absolute atomic E-state index is 0.141. The van der Waals surface area contributed by atoms with Crippen LogP contribution >= 0.6 is 0 Å². The third kappa shape index (κ3) is 2.86. The van der Waals surface area contributed by atoms with Crippen LogP contribution in [0.15, 0.2) is 18.3 Å². The Labute approximate surface area is 98.2 Å². The van der Waals surface area contributed by atoms with Crippen molar-refractivity contribution in [3.63, 3.8) is 0 Å². The van der Waals surface area contributed by atoms with Gasteiger partial charge in [-0.15, -0.1) is 0 Å². The zero-order chi connectivity index (χ0) is 11.4. The molecule has 1 unspecified atom stereocenters. The molecule has 2 heterocycles. The summed E-state index contributed by atoms with van der Waals surface area (Å²) < 4.78 is 2.29. The average Bonchev–Trinajstić information content (AvgIpc) is 2.87. The Morgan fingerprint density at radius 1 is 1.31 bits per heavy atom. The molecule has 2 rings (SSSR count). The summed E-state index contributed by atoms with van der Waals surface area (Å²) in [5.74, 6) is 0.